The smallest absolute Gasteiger partial charge is 0.345 e. The molecule has 1 fully saturated rings. The van der Waals surface area contributed by atoms with Crippen LogP contribution < -0.4 is 11.0 Å². The number of benzene rings is 1. The van der Waals surface area contributed by atoms with Crippen molar-refractivity contribution in [2.75, 3.05) is 19.6 Å². The standard InChI is InChI=1S/C20H26ClN5O2/c21-16-5-3-4-15(12-16)13-19(27)22-17-7-9-24(14-17)10-11-26-20(28)25-8-2-1-6-18(25)23-26/h3-5,12,17H,1-2,6-11,13-14H2,(H,22,27). The summed E-state index contributed by atoms with van der Waals surface area (Å²) >= 11 is 5.98. The van der Waals surface area contributed by atoms with E-state index in [0.29, 0.717) is 18.0 Å². The Balaban J connectivity index is 1.25. The number of nitrogens with zero attached hydrogens (tertiary/aromatic N) is 4. The Morgan fingerprint density at radius 2 is 2.14 bits per heavy atom. The number of hydrogen-bond acceptors (Lipinski definition) is 4. The molecule has 1 N–H and O–H groups in total. The lowest BCUT2D eigenvalue weighted by molar-refractivity contribution is -0.121. The van der Waals surface area contributed by atoms with Crippen LogP contribution in [-0.4, -0.2) is 50.8 Å². The summed E-state index contributed by atoms with van der Waals surface area (Å²) in [6.45, 7) is 3.89. The molecule has 1 atom stereocenters. The topological polar surface area (TPSA) is 72.2 Å². The molecule has 0 aliphatic carbocycles. The van der Waals surface area contributed by atoms with Crippen LogP contribution in [0.5, 0.6) is 0 Å². The van der Waals surface area contributed by atoms with Gasteiger partial charge < -0.3 is 5.32 Å². The lowest BCUT2D eigenvalue weighted by atomic mass is 10.1. The van der Waals surface area contributed by atoms with Crippen LogP contribution in [0.15, 0.2) is 29.1 Å². The summed E-state index contributed by atoms with van der Waals surface area (Å²) in [5.41, 5.74) is 0.934. The fourth-order valence-corrected chi connectivity index (χ4v) is 4.31. The van der Waals surface area contributed by atoms with Crippen LogP contribution in [0.2, 0.25) is 5.02 Å². The average Bonchev–Trinajstić information content (AvgIpc) is 3.24. The van der Waals surface area contributed by atoms with E-state index in [1.54, 1.807) is 10.7 Å². The van der Waals surface area contributed by atoms with Crippen LogP contribution in [0.4, 0.5) is 0 Å². The fourth-order valence-electron chi connectivity index (χ4n) is 4.09. The number of carbonyl (C=O) groups is 1. The number of carbonyl (C=O) groups excluding carboxylic acids is 1. The van der Waals surface area contributed by atoms with Gasteiger partial charge in [0, 0.05) is 43.7 Å². The minimum atomic E-state index is 0.0141. The van der Waals surface area contributed by atoms with Gasteiger partial charge in [0.25, 0.3) is 0 Å². The summed E-state index contributed by atoms with van der Waals surface area (Å²) in [7, 11) is 0. The molecule has 0 radical (unpaired) electrons. The second-order valence-corrected chi connectivity index (χ2v) is 8.13. The number of amides is 1. The number of aryl methyl sites for hydroxylation is 1. The van der Waals surface area contributed by atoms with Crippen molar-refractivity contribution in [2.24, 2.45) is 0 Å². The molecule has 7 nitrogen and oxygen atoms in total. The van der Waals surface area contributed by atoms with Gasteiger partial charge in [-0.15, -0.1) is 0 Å². The molecule has 3 heterocycles. The van der Waals surface area contributed by atoms with Gasteiger partial charge >= 0.3 is 5.69 Å². The van der Waals surface area contributed by atoms with Crippen molar-refractivity contribution in [3.05, 3.63) is 51.2 Å². The lowest BCUT2D eigenvalue weighted by Gasteiger charge is -2.16. The van der Waals surface area contributed by atoms with Crippen LogP contribution in [0.1, 0.15) is 30.7 Å². The molecule has 2 aromatic rings. The quantitative estimate of drug-likeness (QED) is 0.792. The number of hydrogen-bond donors (Lipinski definition) is 1. The Hall–Kier alpha value is -2.12. The zero-order valence-electron chi connectivity index (χ0n) is 15.9. The molecule has 150 valence electrons. The van der Waals surface area contributed by atoms with Gasteiger partial charge in [-0.25, -0.2) is 9.48 Å². The van der Waals surface area contributed by atoms with Gasteiger partial charge in [0.05, 0.1) is 13.0 Å². The van der Waals surface area contributed by atoms with Gasteiger partial charge in [-0.3, -0.25) is 14.3 Å². The number of rotatable bonds is 6. The number of likely N-dealkylation sites (tertiary alicyclic amines) is 1. The highest BCUT2D eigenvalue weighted by atomic mass is 35.5. The minimum Gasteiger partial charge on any atom is -0.352 e. The van der Waals surface area contributed by atoms with Crippen molar-refractivity contribution in [1.82, 2.24) is 24.6 Å². The molecule has 2 aliphatic rings. The average molecular weight is 404 g/mol. The predicted octanol–water partition coefficient (Wildman–Crippen LogP) is 1.47. The van der Waals surface area contributed by atoms with Crippen molar-refractivity contribution in [3.63, 3.8) is 0 Å². The second kappa shape index (κ2) is 8.49. The first-order valence-electron chi connectivity index (χ1n) is 10.0. The summed E-state index contributed by atoms with van der Waals surface area (Å²) in [6, 6.07) is 7.55. The third kappa shape index (κ3) is 4.47. The number of nitrogens with one attached hydrogen (secondary N) is 1. The third-order valence-corrected chi connectivity index (χ3v) is 5.79. The molecule has 1 aromatic carbocycles. The van der Waals surface area contributed by atoms with E-state index in [-0.39, 0.29) is 17.6 Å². The largest absolute Gasteiger partial charge is 0.352 e. The predicted molar refractivity (Wildman–Crippen MR) is 108 cm³/mol. The Labute approximate surface area is 169 Å². The molecule has 1 saturated heterocycles. The van der Waals surface area contributed by atoms with E-state index in [1.165, 1.54) is 0 Å². The second-order valence-electron chi connectivity index (χ2n) is 7.69. The number of aromatic nitrogens is 3. The number of fused-ring (bicyclic) bond motifs is 1. The molecule has 0 spiro atoms. The summed E-state index contributed by atoms with van der Waals surface area (Å²) in [5, 5.41) is 8.25. The van der Waals surface area contributed by atoms with E-state index >= 15 is 0 Å². The first-order valence-corrected chi connectivity index (χ1v) is 10.4. The molecular weight excluding hydrogens is 378 g/mol. The van der Waals surface area contributed by atoms with E-state index in [4.69, 9.17) is 11.6 Å². The highest BCUT2D eigenvalue weighted by Gasteiger charge is 2.24. The van der Waals surface area contributed by atoms with Gasteiger partial charge in [0.15, 0.2) is 0 Å². The summed E-state index contributed by atoms with van der Waals surface area (Å²) < 4.78 is 3.41. The highest BCUT2D eigenvalue weighted by Crippen LogP contribution is 2.13. The molecular formula is C20H26ClN5O2. The van der Waals surface area contributed by atoms with Gasteiger partial charge in [0.2, 0.25) is 5.91 Å². The maximum Gasteiger partial charge on any atom is 0.345 e. The molecule has 28 heavy (non-hydrogen) atoms. The molecule has 1 amide bonds. The summed E-state index contributed by atoms with van der Waals surface area (Å²) in [5.74, 6) is 0.941. The van der Waals surface area contributed by atoms with E-state index in [0.717, 1.165) is 63.3 Å². The Kier molecular flexibility index (Phi) is 5.82. The fraction of sp³-hybridized carbons (Fsp3) is 0.550. The lowest BCUT2D eigenvalue weighted by Crippen LogP contribution is -2.38. The summed E-state index contributed by atoms with van der Waals surface area (Å²) in [4.78, 5) is 27.0. The van der Waals surface area contributed by atoms with Crippen LogP contribution in [0.3, 0.4) is 0 Å². The first kappa shape index (κ1) is 19.2. The van der Waals surface area contributed by atoms with Crippen LogP contribution >= 0.6 is 11.6 Å². The Bertz CT molecular complexity index is 906. The zero-order chi connectivity index (χ0) is 19.5. The zero-order valence-corrected chi connectivity index (χ0v) is 16.7. The van der Waals surface area contributed by atoms with Crippen LogP contribution in [-0.2, 0) is 30.7 Å². The first-order chi connectivity index (χ1) is 13.6. The highest BCUT2D eigenvalue weighted by molar-refractivity contribution is 6.30. The molecule has 4 rings (SSSR count). The maximum absolute atomic E-state index is 12.4. The molecule has 1 unspecified atom stereocenters. The van der Waals surface area contributed by atoms with Crippen molar-refractivity contribution in [1.29, 1.82) is 0 Å². The monoisotopic (exact) mass is 403 g/mol. The molecule has 2 aliphatic heterocycles. The van der Waals surface area contributed by atoms with E-state index in [2.05, 4.69) is 15.3 Å². The molecule has 8 heteroatoms. The van der Waals surface area contributed by atoms with Crippen molar-refractivity contribution < 1.29 is 4.79 Å². The van der Waals surface area contributed by atoms with E-state index in [9.17, 15) is 9.59 Å². The normalized spacial score (nSPS) is 19.5. The molecule has 1 aromatic heterocycles. The van der Waals surface area contributed by atoms with Crippen molar-refractivity contribution >= 4 is 17.5 Å². The Morgan fingerprint density at radius 3 is 2.96 bits per heavy atom. The summed E-state index contributed by atoms with van der Waals surface area (Å²) in [6.07, 6.45) is 4.33. The minimum absolute atomic E-state index is 0.0141. The van der Waals surface area contributed by atoms with Crippen molar-refractivity contribution in [3.8, 4) is 0 Å². The SMILES string of the molecule is O=C(Cc1cccc(Cl)c1)NC1CCN(CCn2nc3n(c2=O)CCCC3)C1. The van der Waals surface area contributed by atoms with Gasteiger partial charge in [-0.1, -0.05) is 23.7 Å². The third-order valence-electron chi connectivity index (χ3n) is 5.55. The Morgan fingerprint density at radius 1 is 1.25 bits per heavy atom. The van der Waals surface area contributed by atoms with Crippen LogP contribution in [0, 0.1) is 0 Å². The van der Waals surface area contributed by atoms with Gasteiger partial charge in [-0.2, -0.15) is 5.10 Å². The van der Waals surface area contributed by atoms with Gasteiger partial charge in [-0.05, 0) is 37.0 Å². The maximum atomic E-state index is 12.4. The van der Waals surface area contributed by atoms with Gasteiger partial charge in [0.1, 0.15) is 5.82 Å². The number of halogens is 1. The molecule has 0 saturated carbocycles. The van der Waals surface area contributed by atoms with Crippen LogP contribution in [0.25, 0.3) is 0 Å². The molecule has 0 bridgehead atoms. The van der Waals surface area contributed by atoms with Crippen molar-refractivity contribution in [2.45, 2.75) is 51.2 Å². The van der Waals surface area contributed by atoms with E-state index in [1.807, 2.05) is 22.8 Å². The van der Waals surface area contributed by atoms with E-state index < -0.39 is 0 Å².